The van der Waals surface area contributed by atoms with E-state index in [-0.39, 0.29) is 0 Å². The van der Waals surface area contributed by atoms with Crippen LogP contribution in [-0.4, -0.2) is 7.11 Å². The smallest absolute Gasteiger partial charge is 0.133 e. The molecule has 2 aromatic rings. The normalized spacial score (nSPS) is 10.5. The Morgan fingerprint density at radius 2 is 1.63 bits per heavy atom. The van der Waals surface area contributed by atoms with Crippen LogP contribution in [0.1, 0.15) is 16.7 Å². The maximum absolute atomic E-state index is 5.22. The van der Waals surface area contributed by atoms with Gasteiger partial charge in [0, 0.05) is 13.1 Å². The van der Waals surface area contributed by atoms with E-state index >= 15 is 0 Å². The lowest BCUT2D eigenvalue weighted by Gasteiger charge is -2.08. The number of benzene rings is 2. The van der Waals surface area contributed by atoms with E-state index in [2.05, 4.69) is 64.6 Å². The molecule has 0 atom stereocenters. The summed E-state index contributed by atoms with van der Waals surface area (Å²) in [5, 5.41) is 3.44. The van der Waals surface area contributed by atoms with E-state index in [1.807, 2.05) is 6.07 Å². The van der Waals surface area contributed by atoms with Crippen LogP contribution in [0.15, 0.2) is 46.9 Å². The van der Waals surface area contributed by atoms with Gasteiger partial charge >= 0.3 is 0 Å². The summed E-state index contributed by atoms with van der Waals surface area (Å²) in [6.07, 6.45) is 0. The predicted molar refractivity (Wildman–Crippen MR) is 82.4 cm³/mol. The van der Waals surface area contributed by atoms with Crippen molar-refractivity contribution in [1.29, 1.82) is 0 Å². The molecule has 3 heteroatoms. The number of hydrogen-bond acceptors (Lipinski definition) is 2. The first-order valence-electron chi connectivity index (χ1n) is 6.27. The lowest BCUT2D eigenvalue weighted by atomic mass is 10.1. The standard InChI is InChI=1S/C16H18BrNO/c1-12-3-5-13(6-4-12)10-18-11-14-7-8-16(19-2)15(17)9-14/h3-9,18H,10-11H2,1-2H3. The van der Waals surface area contributed by atoms with Crippen molar-refractivity contribution < 1.29 is 4.74 Å². The first-order valence-corrected chi connectivity index (χ1v) is 7.07. The van der Waals surface area contributed by atoms with E-state index in [1.165, 1.54) is 16.7 Å². The third-order valence-electron chi connectivity index (χ3n) is 3.00. The summed E-state index contributed by atoms with van der Waals surface area (Å²) in [6, 6.07) is 14.7. The minimum absolute atomic E-state index is 0.844. The topological polar surface area (TPSA) is 21.3 Å². The molecule has 0 unspecified atom stereocenters. The highest BCUT2D eigenvalue weighted by Crippen LogP contribution is 2.25. The van der Waals surface area contributed by atoms with Gasteiger partial charge in [-0.25, -0.2) is 0 Å². The molecule has 0 bridgehead atoms. The van der Waals surface area contributed by atoms with Crippen LogP contribution >= 0.6 is 15.9 Å². The maximum Gasteiger partial charge on any atom is 0.133 e. The van der Waals surface area contributed by atoms with Gasteiger partial charge in [0.15, 0.2) is 0 Å². The van der Waals surface area contributed by atoms with Crippen molar-refractivity contribution in [3.8, 4) is 5.75 Å². The summed E-state index contributed by atoms with van der Waals surface area (Å²) in [6.45, 7) is 3.83. The molecule has 0 aromatic heterocycles. The van der Waals surface area contributed by atoms with Gasteiger partial charge in [-0.3, -0.25) is 0 Å². The van der Waals surface area contributed by atoms with Crippen molar-refractivity contribution in [1.82, 2.24) is 5.32 Å². The van der Waals surface area contributed by atoms with Crippen LogP contribution in [0.4, 0.5) is 0 Å². The van der Waals surface area contributed by atoms with Crippen molar-refractivity contribution >= 4 is 15.9 Å². The van der Waals surface area contributed by atoms with Crippen LogP contribution in [0.5, 0.6) is 5.75 Å². The number of methoxy groups -OCH3 is 1. The Morgan fingerprint density at radius 3 is 2.26 bits per heavy atom. The number of nitrogens with one attached hydrogen (secondary N) is 1. The summed E-state index contributed by atoms with van der Waals surface area (Å²) in [5.41, 5.74) is 3.83. The fraction of sp³-hybridized carbons (Fsp3) is 0.250. The highest BCUT2D eigenvalue weighted by Gasteiger charge is 2.01. The zero-order valence-corrected chi connectivity index (χ0v) is 12.8. The predicted octanol–water partition coefficient (Wildman–Crippen LogP) is 4.06. The molecule has 2 aromatic carbocycles. The third kappa shape index (κ3) is 4.08. The molecule has 2 rings (SSSR count). The molecule has 0 aliphatic heterocycles. The van der Waals surface area contributed by atoms with E-state index in [0.717, 1.165) is 23.3 Å². The summed E-state index contributed by atoms with van der Waals surface area (Å²) in [7, 11) is 1.68. The van der Waals surface area contributed by atoms with Gasteiger partial charge in [0.05, 0.1) is 11.6 Å². The van der Waals surface area contributed by atoms with Crippen LogP contribution < -0.4 is 10.1 Å². The second kappa shape index (κ2) is 6.73. The molecule has 0 aliphatic rings. The number of ether oxygens (including phenoxy) is 1. The number of rotatable bonds is 5. The Hall–Kier alpha value is -1.32. The molecule has 0 amide bonds. The first kappa shape index (κ1) is 14.1. The Morgan fingerprint density at radius 1 is 1.00 bits per heavy atom. The van der Waals surface area contributed by atoms with Gasteiger partial charge in [0.1, 0.15) is 5.75 Å². The average molecular weight is 320 g/mol. The van der Waals surface area contributed by atoms with Gasteiger partial charge in [-0.15, -0.1) is 0 Å². The van der Waals surface area contributed by atoms with Gasteiger partial charge in [-0.2, -0.15) is 0 Å². The Kier molecular flexibility index (Phi) is 5.00. The van der Waals surface area contributed by atoms with Gasteiger partial charge < -0.3 is 10.1 Å². The van der Waals surface area contributed by atoms with Crippen LogP contribution in [0.3, 0.4) is 0 Å². The zero-order valence-electron chi connectivity index (χ0n) is 11.2. The minimum atomic E-state index is 0.844. The van der Waals surface area contributed by atoms with E-state index in [1.54, 1.807) is 7.11 Å². The molecule has 0 saturated heterocycles. The second-order valence-electron chi connectivity index (χ2n) is 4.56. The largest absolute Gasteiger partial charge is 0.496 e. The summed E-state index contributed by atoms with van der Waals surface area (Å²) in [4.78, 5) is 0. The highest BCUT2D eigenvalue weighted by atomic mass is 79.9. The van der Waals surface area contributed by atoms with E-state index < -0.39 is 0 Å². The van der Waals surface area contributed by atoms with Crippen molar-refractivity contribution in [3.63, 3.8) is 0 Å². The van der Waals surface area contributed by atoms with Crippen molar-refractivity contribution in [2.45, 2.75) is 20.0 Å². The molecule has 0 heterocycles. The minimum Gasteiger partial charge on any atom is -0.496 e. The molecule has 100 valence electrons. The van der Waals surface area contributed by atoms with Crippen molar-refractivity contribution in [3.05, 3.63) is 63.6 Å². The summed E-state index contributed by atoms with van der Waals surface area (Å²) in [5.74, 6) is 0.863. The van der Waals surface area contributed by atoms with Gasteiger partial charge in [0.25, 0.3) is 0 Å². The monoisotopic (exact) mass is 319 g/mol. The molecule has 1 N–H and O–H groups in total. The fourth-order valence-corrected chi connectivity index (χ4v) is 2.47. The Labute approximate surface area is 122 Å². The second-order valence-corrected chi connectivity index (χ2v) is 5.41. The Balaban J connectivity index is 1.88. The number of hydrogen-bond donors (Lipinski definition) is 1. The number of halogens is 1. The zero-order chi connectivity index (χ0) is 13.7. The molecule has 2 nitrogen and oxygen atoms in total. The average Bonchev–Trinajstić information content (AvgIpc) is 2.41. The van der Waals surface area contributed by atoms with Crippen molar-refractivity contribution in [2.75, 3.05) is 7.11 Å². The third-order valence-corrected chi connectivity index (χ3v) is 3.61. The SMILES string of the molecule is COc1ccc(CNCc2ccc(C)cc2)cc1Br. The summed E-state index contributed by atoms with van der Waals surface area (Å²) >= 11 is 3.50. The quantitative estimate of drug-likeness (QED) is 0.897. The maximum atomic E-state index is 5.22. The molecule has 0 spiro atoms. The van der Waals surface area contributed by atoms with Gasteiger partial charge in [-0.05, 0) is 46.1 Å². The lowest BCUT2D eigenvalue weighted by Crippen LogP contribution is -2.12. The molecule has 0 fully saturated rings. The van der Waals surface area contributed by atoms with Crippen LogP contribution in [-0.2, 0) is 13.1 Å². The number of aryl methyl sites for hydroxylation is 1. The van der Waals surface area contributed by atoms with Crippen LogP contribution in [0.2, 0.25) is 0 Å². The van der Waals surface area contributed by atoms with Gasteiger partial charge in [0.2, 0.25) is 0 Å². The fourth-order valence-electron chi connectivity index (χ4n) is 1.88. The van der Waals surface area contributed by atoms with E-state index in [4.69, 9.17) is 4.74 Å². The summed E-state index contributed by atoms with van der Waals surface area (Å²) < 4.78 is 6.21. The molecule has 0 aliphatic carbocycles. The van der Waals surface area contributed by atoms with Crippen molar-refractivity contribution in [2.24, 2.45) is 0 Å². The van der Waals surface area contributed by atoms with Crippen LogP contribution in [0, 0.1) is 6.92 Å². The molecule has 0 radical (unpaired) electrons. The van der Waals surface area contributed by atoms with E-state index in [9.17, 15) is 0 Å². The van der Waals surface area contributed by atoms with Crippen LogP contribution in [0.25, 0.3) is 0 Å². The molecule has 0 saturated carbocycles. The van der Waals surface area contributed by atoms with E-state index in [0.29, 0.717) is 0 Å². The van der Waals surface area contributed by atoms with Gasteiger partial charge in [-0.1, -0.05) is 35.9 Å². The Bertz CT molecular complexity index is 537. The lowest BCUT2D eigenvalue weighted by molar-refractivity contribution is 0.412. The molecular weight excluding hydrogens is 302 g/mol. The molecular formula is C16H18BrNO. The first-order chi connectivity index (χ1) is 9.19. The highest BCUT2D eigenvalue weighted by molar-refractivity contribution is 9.10. The molecule has 19 heavy (non-hydrogen) atoms.